The summed E-state index contributed by atoms with van der Waals surface area (Å²) in [6.45, 7) is 1.75. The number of aryl methyl sites for hydroxylation is 2. The molecule has 7 nitrogen and oxygen atoms in total. The molecule has 0 bridgehead atoms. The van der Waals surface area contributed by atoms with Gasteiger partial charge in [0.05, 0.1) is 10.6 Å². The van der Waals surface area contributed by atoms with Crippen molar-refractivity contribution >= 4 is 34.0 Å². The molecule has 0 atom stereocenters. The van der Waals surface area contributed by atoms with E-state index >= 15 is 0 Å². The monoisotopic (exact) mass is 330 g/mol. The molecule has 3 heterocycles. The smallest absolute Gasteiger partial charge is 0.320 e. The van der Waals surface area contributed by atoms with Crippen molar-refractivity contribution in [3.05, 3.63) is 55.0 Å². The van der Waals surface area contributed by atoms with Gasteiger partial charge >= 0.3 is 5.69 Å². The molecule has 0 unspecified atom stereocenters. The van der Waals surface area contributed by atoms with E-state index in [1.165, 1.54) is 36.2 Å². The third kappa shape index (κ3) is 2.36. The molecule has 0 fully saturated rings. The summed E-state index contributed by atoms with van der Waals surface area (Å²) in [5, 5.41) is 4.80. The highest BCUT2D eigenvalue weighted by Crippen LogP contribution is 2.23. The zero-order valence-corrected chi connectivity index (χ0v) is 13.6. The number of hydrogen-bond acceptors (Lipinski definition) is 5. The molecule has 1 N–H and O–H groups in total. The van der Waals surface area contributed by atoms with Crippen LogP contribution in [0.3, 0.4) is 0 Å². The third-order valence-corrected chi connectivity index (χ3v) is 4.51. The normalized spacial score (nSPS) is 10.9. The first-order valence-electron chi connectivity index (χ1n) is 6.82. The number of nitrogens with one attached hydrogen (secondary N) is 1. The topological polar surface area (TPSA) is 86.0 Å². The molecule has 23 heavy (non-hydrogen) atoms. The second kappa shape index (κ2) is 5.47. The van der Waals surface area contributed by atoms with E-state index in [1.54, 1.807) is 24.4 Å². The summed E-state index contributed by atoms with van der Waals surface area (Å²) in [7, 11) is 2.94. The first-order valence-corrected chi connectivity index (χ1v) is 7.70. The van der Waals surface area contributed by atoms with Crippen LogP contribution in [0.2, 0.25) is 0 Å². The Hall–Kier alpha value is -2.74. The number of carbonyl (C=O) groups excluding carboxylic acids is 1. The Morgan fingerprint density at radius 3 is 2.65 bits per heavy atom. The van der Waals surface area contributed by atoms with Crippen molar-refractivity contribution in [1.29, 1.82) is 0 Å². The highest BCUT2D eigenvalue weighted by atomic mass is 32.1. The molecular formula is C15H14N4O3S. The van der Waals surface area contributed by atoms with Gasteiger partial charge in [0.2, 0.25) is 0 Å². The standard InChI is InChI=1S/C15H14N4O3S/c1-8-7-16-12-10(14(21)19(3)15(22)18(12)2)11(8)17-13(20)9-5-4-6-23-9/h4-7H,1-3H3,(H,16,17,20). The van der Waals surface area contributed by atoms with Crippen LogP contribution >= 0.6 is 11.3 Å². The number of amides is 1. The molecule has 8 heteroatoms. The summed E-state index contributed by atoms with van der Waals surface area (Å²) >= 11 is 1.31. The number of fused-ring (bicyclic) bond motifs is 1. The Bertz CT molecular complexity index is 1030. The summed E-state index contributed by atoms with van der Waals surface area (Å²) in [6, 6.07) is 3.48. The highest BCUT2D eigenvalue weighted by Gasteiger charge is 2.18. The molecule has 118 valence electrons. The van der Waals surface area contributed by atoms with Crippen molar-refractivity contribution < 1.29 is 4.79 Å². The van der Waals surface area contributed by atoms with Crippen molar-refractivity contribution in [3.8, 4) is 0 Å². The molecule has 0 saturated carbocycles. The van der Waals surface area contributed by atoms with Crippen molar-refractivity contribution in [3.63, 3.8) is 0 Å². The van der Waals surface area contributed by atoms with Crippen molar-refractivity contribution in [1.82, 2.24) is 14.1 Å². The van der Waals surface area contributed by atoms with Gasteiger partial charge in [-0.25, -0.2) is 9.78 Å². The number of carbonyl (C=O) groups is 1. The van der Waals surface area contributed by atoms with E-state index < -0.39 is 11.2 Å². The van der Waals surface area contributed by atoms with Gasteiger partial charge in [0, 0.05) is 20.3 Å². The first kappa shape index (κ1) is 15.2. The van der Waals surface area contributed by atoms with E-state index in [1.807, 2.05) is 0 Å². The minimum absolute atomic E-state index is 0.222. The lowest BCUT2D eigenvalue weighted by Crippen LogP contribution is -2.37. The van der Waals surface area contributed by atoms with Crippen LogP contribution in [0.15, 0.2) is 33.3 Å². The van der Waals surface area contributed by atoms with E-state index in [-0.39, 0.29) is 16.9 Å². The summed E-state index contributed by atoms with van der Waals surface area (Å²) < 4.78 is 2.29. The van der Waals surface area contributed by atoms with Gasteiger partial charge in [-0.05, 0) is 23.9 Å². The van der Waals surface area contributed by atoms with E-state index in [0.717, 1.165) is 4.57 Å². The molecule has 0 aliphatic carbocycles. The van der Waals surface area contributed by atoms with Gasteiger partial charge in [0.1, 0.15) is 5.39 Å². The molecule has 0 aromatic carbocycles. The maximum absolute atomic E-state index is 12.5. The number of nitrogens with zero attached hydrogens (tertiary/aromatic N) is 3. The van der Waals surface area contributed by atoms with Gasteiger partial charge in [0.25, 0.3) is 11.5 Å². The second-order valence-corrected chi connectivity index (χ2v) is 6.10. The van der Waals surface area contributed by atoms with Crippen molar-refractivity contribution in [2.24, 2.45) is 14.1 Å². The summed E-state index contributed by atoms with van der Waals surface area (Å²) in [5.41, 5.74) is 0.322. The predicted molar refractivity (Wildman–Crippen MR) is 89.2 cm³/mol. The SMILES string of the molecule is Cc1cnc2c(c1NC(=O)c1cccs1)c(=O)n(C)c(=O)n2C. The number of aromatic nitrogens is 3. The van der Waals surface area contributed by atoms with Gasteiger partial charge in [0.15, 0.2) is 5.65 Å². The van der Waals surface area contributed by atoms with Gasteiger partial charge in [-0.1, -0.05) is 6.07 Å². The fourth-order valence-corrected chi connectivity index (χ4v) is 2.99. The van der Waals surface area contributed by atoms with Crippen LogP contribution < -0.4 is 16.6 Å². The molecule has 1 amide bonds. The van der Waals surface area contributed by atoms with Gasteiger partial charge in [-0.15, -0.1) is 11.3 Å². The van der Waals surface area contributed by atoms with Crippen LogP contribution in [0.25, 0.3) is 11.0 Å². The number of pyridine rings is 1. The second-order valence-electron chi connectivity index (χ2n) is 5.15. The Labute approximate surface area is 134 Å². The van der Waals surface area contributed by atoms with E-state index in [4.69, 9.17) is 0 Å². The molecule has 0 radical (unpaired) electrons. The molecule has 3 aromatic heterocycles. The number of anilines is 1. The molecule has 3 aromatic rings. The van der Waals surface area contributed by atoms with E-state index in [9.17, 15) is 14.4 Å². The zero-order valence-electron chi connectivity index (χ0n) is 12.8. The summed E-state index contributed by atoms with van der Waals surface area (Å²) in [5.74, 6) is -0.300. The van der Waals surface area contributed by atoms with Crippen LogP contribution in [-0.4, -0.2) is 20.0 Å². The Balaban J connectivity index is 2.28. The molecular weight excluding hydrogens is 316 g/mol. The fraction of sp³-hybridized carbons (Fsp3) is 0.200. The minimum Gasteiger partial charge on any atom is -0.320 e. The van der Waals surface area contributed by atoms with Crippen LogP contribution in [0.4, 0.5) is 5.69 Å². The average Bonchev–Trinajstić information content (AvgIpc) is 3.07. The number of thiophene rings is 1. The molecule has 0 aliphatic heterocycles. The minimum atomic E-state index is -0.485. The van der Waals surface area contributed by atoms with Crippen molar-refractivity contribution in [2.45, 2.75) is 6.92 Å². The third-order valence-electron chi connectivity index (χ3n) is 3.64. The van der Waals surface area contributed by atoms with Gasteiger partial charge < -0.3 is 5.32 Å². The highest BCUT2D eigenvalue weighted by molar-refractivity contribution is 7.12. The molecule has 0 saturated heterocycles. The Kier molecular flexibility index (Phi) is 3.61. The molecule has 0 aliphatic rings. The van der Waals surface area contributed by atoms with E-state index in [2.05, 4.69) is 10.3 Å². The largest absolute Gasteiger partial charge is 0.332 e. The van der Waals surface area contributed by atoms with Crippen LogP contribution in [-0.2, 0) is 14.1 Å². The lowest BCUT2D eigenvalue weighted by Gasteiger charge is -2.13. The van der Waals surface area contributed by atoms with Crippen molar-refractivity contribution in [2.75, 3.05) is 5.32 Å². The van der Waals surface area contributed by atoms with Crippen LogP contribution in [0.1, 0.15) is 15.2 Å². The van der Waals surface area contributed by atoms with E-state index in [0.29, 0.717) is 16.1 Å². The van der Waals surface area contributed by atoms with Gasteiger partial charge in [-0.2, -0.15) is 0 Å². The summed E-state index contributed by atoms with van der Waals surface area (Å²) in [4.78, 5) is 41.5. The average molecular weight is 330 g/mol. The maximum atomic E-state index is 12.5. The predicted octanol–water partition coefficient (Wildman–Crippen LogP) is 1.25. The van der Waals surface area contributed by atoms with Crippen LogP contribution in [0, 0.1) is 6.92 Å². The lowest BCUT2D eigenvalue weighted by molar-refractivity contribution is 0.103. The Morgan fingerprint density at radius 1 is 1.26 bits per heavy atom. The summed E-state index contributed by atoms with van der Waals surface area (Å²) in [6.07, 6.45) is 1.53. The zero-order chi connectivity index (χ0) is 16.7. The fourth-order valence-electron chi connectivity index (χ4n) is 2.37. The van der Waals surface area contributed by atoms with Crippen LogP contribution in [0.5, 0.6) is 0 Å². The Morgan fingerprint density at radius 2 is 2.00 bits per heavy atom. The molecule has 3 rings (SSSR count). The first-order chi connectivity index (χ1) is 10.9. The lowest BCUT2D eigenvalue weighted by atomic mass is 10.2. The maximum Gasteiger partial charge on any atom is 0.332 e. The number of rotatable bonds is 2. The number of hydrogen-bond donors (Lipinski definition) is 1. The molecule has 0 spiro atoms. The quantitative estimate of drug-likeness (QED) is 0.766. The van der Waals surface area contributed by atoms with Gasteiger partial charge in [-0.3, -0.25) is 18.7 Å².